The number of imidazole rings is 2. The lowest BCUT2D eigenvalue weighted by Gasteiger charge is -2.26. The van der Waals surface area contributed by atoms with E-state index in [4.69, 9.17) is 44.8 Å². The van der Waals surface area contributed by atoms with Crippen molar-refractivity contribution < 1.29 is 51.6 Å². The van der Waals surface area contributed by atoms with E-state index < -0.39 is 83.4 Å². The van der Waals surface area contributed by atoms with Gasteiger partial charge in [-0.05, 0) is 0 Å². The first kappa shape index (κ1) is 30.2. The zero-order valence-electron chi connectivity index (χ0n) is 22.5. The lowest BCUT2D eigenvalue weighted by atomic mass is 10.1. The zero-order chi connectivity index (χ0) is 31.8. The molecule has 4 aromatic rings. The van der Waals surface area contributed by atoms with Crippen LogP contribution in [-0.2, 0) is 36.7 Å². The summed E-state index contributed by atoms with van der Waals surface area (Å²) in [5.41, 5.74) is 17.2. The molecule has 3 saturated heterocycles. The molecular formula is C20H25N11O12P2. The summed E-state index contributed by atoms with van der Waals surface area (Å²) in [6, 6.07) is -1.24. The molecule has 3 aliphatic rings. The van der Waals surface area contributed by atoms with Crippen molar-refractivity contribution in [2.24, 2.45) is 5.73 Å². The third kappa shape index (κ3) is 5.31. The number of rotatable bonds is 2. The summed E-state index contributed by atoms with van der Waals surface area (Å²) in [7, 11) is -10.0. The van der Waals surface area contributed by atoms with Crippen molar-refractivity contribution >= 4 is 49.7 Å². The molecule has 3 fully saturated rings. The lowest BCUT2D eigenvalue weighted by Crippen LogP contribution is -2.43. The number of nitrogen functional groups attached to an aromatic ring is 2. The summed E-state index contributed by atoms with van der Waals surface area (Å²) in [5.74, 6) is -0.227. The molecular weight excluding hydrogens is 648 g/mol. The number of phosphoric acid groups is 2. The topological polar surface area (TPSA) is 335 Å². The predicted octanol–water partition coefficient (Wildman–Crippen LogP) is -2.38. The van der Waals surface area contributed by atoms with Crippen LogP contribution in [0.1, 0.15) is 12.5 Å². The minimum Gasteiger partial charge on any atom is -0.387 e. The largest absolute Gasteiger partial charge is 0.472 e. The van der Waals surface area contributed by atoms with Crippen LogP contribution in [0.25, 0.3) is 22.3 Å². The minimum absolute atomic E-state index is 0.0491. The quantitative estimate of drug-likeness (QED) is 0.109. The van der Waals surface area contributed by atoms with Gasteiger partial charge in [-0.15, -0.1) is 0 Å². The fourth-order valence-electron chi connectivity index (χ4n) is 5.33. The number of phosphoric ester groups is 2. The van der Waals surface area contributed by atoms with Gasteiger partial charge in [0.2, 0.25) is 5.95 Å². The number of aromatic amines is 1. The summed E-state index contributed by atoms with van der Waals surface area (Å²) < 4.78 is 61.8. The Morgan fingerprint density at radius 2 is 1.47 bits per heavy atom. The highest BCUT2D eigenvalue weighted by molar-refractivity contribution is 7.47. The number of aromatic nitrogens is 8. The Bertz CT molecular complexity index is 1940. The number of aliphatic hydroxyl groups is 1. The molecule has 0 amide bonds. The van der Waals surface area contributed by atoms with E-state index in [1.165, 1.54) is 17.2 Å². The molecule has 4 aromatic heterocycles. The number of nitrogens with two attached hydrogens (primary N) is 3. The molecule has 23 nitrogen and oxygen atoms in total. The lowest BCUT2D eigenvalue weighted by molar-refractivity contribution is -0.0673. The number of ether oxygens (including phenoxy) is 2. The van der Waals surface area contributed by atoms with Gasteiger partial charge in [-0.25, -0.2) is 29.1 Å². The molecule has 7 heterocycles. The van der Waals surface area contributed by atoms with E-state index >= 15 is 0 Å². The van der Waals surface area contributed by atoms with Crippen LogP contribution in [0.4, 0.5) is 11.8 Å². The third-order valence-corrected chi connectivity index (χ3v) is 9.39. The predicted molar refractivity (Wildman–Crippen MR) is 145 cm³/mol. The number of nitrogens with one attached hydrogen (secondary N) is 1. The van der Waals surface area contributed by atoms with Crippen LogP contribution >= 0.6 is 15.6 Å². The van der Waals surface area contributed by atoms with Crippen molar-refractivity contribution in [2.45, 2.75) is 49.0 Å². The molecule has 4 bridgehead atoms. The SMILES string of the molecule is Nc1nc2c(ncn2[C@@H]2O[C@@H]3COP(=O)(O)O[C@@H]4[C@H](N)[C@@H](COP(=O)(O)O[C@@H]2[C@@H]3O)O[C@H]4n2cnc3c(N)ncnc32)c(=O)[nH]1. The van der Waals surface area contributed by atoms with Gasteiger partial charge in [-0.1, -0.05) is 0 Å². The monoisotopic (exact) mass is 673 g/mol. The highest BCUT2D eigenvalue weighted by Crippen LogP contribution is 2.53. The number of hydrogen-bond acceptors (Lipinski definition) is 18. The number of anilines is 2. The summed E-state index contributed by atoms with van der Waals surface area (Å²) in [5, 5.41) is 11.1. The van der Waals surface area contributed by atoms with Gasteiger partial charge in [0.1, 0.15) is 42.4 Å². The maximum absolute atomic E-state index is 13.2. The van der Waals surface area contributed by atoms with E-state index in [-0.39, 0.29) is 34.1 Å². The number of H-pyrrole nitrogens is 1. The molecule has 10 N–H and O–H groups in total. The molecule has 0 saturated carbocycles. The van der Waals surface area contributed by atoms with Gasteiger partial charge in [-0.2, -0.15) is 4.98 Å². The Kier molecular flexibility index (Phi) is 7.27. The molecule has 0 radical (unpaired) electrons. The summed E-state index contributed by atoms with van der Waals surface area (Å²) >= 11 is 0. The summed E-state index contributed by atoms with van der Waals surface area (Å²) in [6.45, 7) is -1.48. The third-order valence-electron chi connectivity index (χ3n) is 7.42. The molecule has 2 unspecified atom stereocenters. The van der Waals surface area contributed by atoms with E-state index in [2.05, 4.69) is 29.9 Å². The van der Waals surface area contributed by atoms with Crippen molar-refractivity contribution in [1.29, 1.82) is 0 Å². The molecule has 7 rings (SSSR count). The Labute approximate surface area is 249 Å². The minimum atomic E-state index is -5.04. The molecule has 0 spiro atoms. The standard InChI is InChI=1S/C20H25N11O12P2/c21-8-6-1-38-45(36,37)43-13-11(32)7(41-19(13)31-5-27-10-16(31)28-20(23)29-17(10)33)2-39-44(34,35)42-12(8)18(40-6)30-4-26-9-14(22)24-3-25-15(9)30/h3-8,11-13,18-19,32H,1-2,21H2,(H,34,35)(H,36,37)(H2,22,24,25)(H3,23,28,29,33)/t6-,7-,8-,11-,12-,13-,18-,19-/m1/s1. The van der Waals surface area contributed by atoms with Crippen molar-refractivity contribution in [3.05, 3.63) is 29.3 Å². The zero-order valence-corrected chi connectivity index (χ0v) is 24.3. The second kappa shape index (κ2) is 10.8. The van der Waals surface area contributed by atoms with Crippen molar-refractivity contribution in [3.63, 3.8) is 0 Å². The van der Waals surface area contributed by atoms with Crippen molar-refractivity contribution in [2.75, 3.05) is 24.7 Å². The average Bonchev–Trinajstić information content (AvgIpc) is 3.72. The Morgan fingerprint density at radius 1 is 0.867 bits per heavy atom. The molecule has 0 aromatic carbocycles. The van der Waals surface area contributed by atoms with Crippen LogP contribution in [-0.4, -0.2) is 104 Å². The second-order valence-electron chi connectivity index (χ2n) is 10.2. The van der Waals surface area contributed by atoms with Crippen molar-refractivity contribution in [1.82, 2.24) is 39.0 Å². The van der Waals surface area contributed by atoms with Crippen LogP contribution in [0.5, 0.6) is 0 Å². The first-order chi connectivity index (χ1) is 21.3. The van der Waals surface area contributed by atoms with Gasteiger partial charge in [0.15, 0.2) is 35.1 Å². The van der Waals surface area contributed by atoms with Crippen LogP contribution in [0.15, 0.2) is 23.8 Å². The summed E-state index contributed by atoms with van der Waals surface area (Å²) in [4.78, 5) is 56.1. The van der Waals surface area contributed by atoms with Crippen LogP contribution < -0.4 is 22.8 Å². The Hall–Kier alpha value is -3.44. The summed E-state index contributed by atoms with van der Waals surface area (Å²) in [6.07, 6.45) is -6.81. The van der Waals surface area contributed by atoms with Gasteiger partial charge in [0.25, 0.3) is 5.56 Å². The molecule has 10 atom stereocenters. The molecule has 25 heteroatoms. The number of fused-ring (bicyclic) bond motifs is 6. The van der Waals surface area contributed by atoms with E-state index in [1.54, 1.807) is 0 Å². The Balaban J connectivity index is 1.23. The molecule has 3 aliphatic heterocycles. The fraction of sp³-hybridized carbons (Fsp3) is 0.500. The average molecular weight is 673 g/mol. The maximum atomic E-state index is 13.2. The highest BCUT2D eigenvalue weighted by Gasteiger charge is 2.53. The van der Waals surface area contributed by atoms with Gasteiger partial charge in [-0.3, -0.25) is 37.0 Å². The van der Waals surface area contributed by atoms with Crippen LogP contribution in [0, 0.1) is 0 Å². The molecule has 242 valence electrons. The smallest absolute Gasteiger partial charge is 0.387 e. The van der Waals surface area contributed by atoms with E-state index in [0.717, 1.165) is 10.9 Å². The number of aliphatic hydroxyl groups excluding tert-OH is 1. The van der Waals surface area contributed by atoms with E-state index in [1.807, 2.05) is 0 Å². The molecule has 0 aliphatic carbocycles. The second-order valence-corrected chi connectivity index (χ2v) is 13.0. The highest BCUT2D eigenvalue weighted by atomic mass is 31.2. The van der Waals surface area contributed by atoms with Gasteiger partial charge >= 0.3 is 15.6 Å². The van der Waals surface area contributed by atoms with Crippen LogP contribution in [0.3, 0.4) is 0 Å². The van der Waals surface area contributed by atoms with Gasteiger partial charge in [0, 0.05) is 0 Å². The fourth-order valence-corrected chi connectivity index (χ4v) is 7.21. The molecule has 45 heavy (non-hydrogen) atoms. The first-order valence-corrected chi connectivity index (χ1v) is 16.0. The van der Waals surface area contributed by atoms with Crippen molar-refractivity contribution in [3.8, 4) is 0 Å². The number of nitrogens with zero attached hydrogens (tertiary/aromatic N) is 7. The number of hydrogen-bond donors (Lipinski definition) is 7. The van der Waals surface area contributed by atoms with E-state index in [0.29, 0.717) is 0 Å². The maximum Gasteiger partial charge on any atom is 0.472 e. The van der Waals surface area contributed by atoms with Gasteiger partial charge in [0.05, 0.1) is 31.9 Å². The van der Waals surface area contributed by atoms with Crippen LogP contribution in [0.2, 0.25) is 0 Å². The first-order valence-electron chi connectivity index (χ1n) is 13.0. The van der Waals surface area contributed by atoms with E-state index in [9.17, 15) is 28.8 Å². The normalized spacial score (nSPS) is 37.7. The van der Waals surface area contributed by atoms with Gasteiger partial charge < -0.3 is 41.6 Å². The Morgan fingerprint density at radius 3 is 2.20 bits per heavy atom.